The van der Waals surface area contributed by atoms with Gasteiger partial charge in [-0.25, -0.2) is 0 Å². The molecule has 232 valence electrons. The van der Waals surface area contributed by atoms with Gasteiger partial charge in [0.15, 0.2) is 5.65 Å². The molecule has 5 rings (SSSR count). The van der Waals surface area contributed by atoms with Crippen molar-refractivity contribution in [1.29, 1.82) is 0 Å². The van der Waals surface area contributed by atoms with Gasteiger partial charge < -0.3 is 25.8 Å². The number of carbonyl (C=O) groups is 1. The molecule has 3 N–H and O–H groups in total. The van der Waals surface area contributed by atoms with Crippen LogP contribution in [0.5, 0.6) is 0 Å². The number of nitrogens with zero attached hydrogens (tertiary/aromatic N) is 7. The minimum Gasteiger partial charge on any atom is -0.350 e. The summed E-state index contributed by atoms with van der Waals surface area (Å²) in [6, 6.07) is 9.10. The van der Waals surface area contributed by atoms with E-state index in [0.717, 1.165) is 88.4 Å². The normalized spacial score (nSPS) is 18.7. The second-order valence-corrected chi connectivity index (χ2v) is 12.8. The molecule has 0 radical (unpaired) electrons. The van der Waals surface area contributed by atoms with Crippen LogP contribution in [0.15, 0.2) is 42.6 Å². The molecule has 0 bridgehead atoms. The lowest BCUT2D eigenvalue weighted by molar-refractivity contribution is -0.126. The van der Waals surface area contributed by atoms with Gasteiger partial charge in [0.25, 0.3) is 0 Å². The molecule has 10 nitrogen and oxygen atoms in total. The molecule has 2 saturated heterocycles. The molecule has 10 heteroatoms. The molecule has 0 aliphatic carbocycles. The van der Waals surface area contributed by atoms with Crippen molar-refractivity contribution in [3.8, 4) is 0 Å². The molecule has 1 unspecified atom stereocenters. The van der Waals surface area contributed by atoms with Crippen molar-refractivity contribution in [2.45, 2.75) is 70.9 Å². The number of anilines is 2. The Morgan fingerprint density at radius 1 is 1.09 bits per heavy atom. The zero-order valence-corrected chi connectivity index (χ0v) is 26.4. The smallest absolute Gasteiger partial charge is 0.246 e. The van der Waals surface area contributed by atoms with E-state index in [-0.39, 0.29) is 11.9 Å². The summed E-state index contributed by atoms with van der Waals surface area (Å²) in [6.45, 7) is 9.17. The second kappa shape index (κ2) is 14.3. The topological polar surface area (TPSA) is 108 Å². The molecule has 1 amide bonds. The van der Waals surface area contributed by atoms with Gasteiger partial charge in [0, 0.05) is 56.9 Å². The van der Waals surface area contributed by atoms with Crippen LogP contribution in [0.2, 0.25) is 0 Å². The zero-order chi connectivity index (χ0) is 30.3. The maximum Gasteiger partial charge on any atom is 0.246 e. The van der Waals surface area contributed by atoms with Crippen LogP contribution in [0, 0.1) is 5.92 Å². The Morgan fingerprint density at radius 3 is 2.65 bits per heavy atom. The molecule has 0 saturated carbocycles. The van der Waals surface area contributed by atoms with Gasteiger partial charge in [-0.3, -0.25) is 4.79 Å². The minimum atomic E-state index is 0.138. The van der Waals surface area contributed by atoms with Gasteiger partial charge in [-0.2, -0.15) is 19.6 Å². The quantitative estimate of drug-likeness (QED) is 0.342. The number of carbonyl (C=O) groups excluding carboxylic acids is 1. The average Bonchev–Trinajstić information content (AvgIpc) is 3.29. The average molecular weight is 588 g/mol. The van der Waals surface area contributed by atoms with Crippen molar-refractivity contribution in [1.82, 2.24) is 29.4 Å². The first-order valence-corrected chi connectivity index (χ1v) is 15.9. The van der Waals surface area contributed by atoms with Crippen LogP contribution in [-0.4, -0.2) is 88.2 Å². The summed E-state index contributed by atoms with van der Waals surface area (Å²) in [7, 11) is 4.02. The first kappa shape index (κ1) is 30.9. The molecule has 4 heterocycles. The van der Waals surface area contributed by atoms with Gasteiger partial charge in [-0.05, 0) is 75.6 Å². The third-order valence-corrected chi connectivity index (χ3v) is 8.68. The maximum atomic E-state index is 12.7. The molecular weight excluding hydrogens is 538 g/mol. The van der Waals surface area contributed by atoms with E-state index in [0.29, 0.717) is 24.3 Å². The Hall–Kier alpha value is -3.50. The van der Waals surface area contributed by atoms with E-state index >= 15 is 0 Å². The van der Waals surface area contributed by atoms with E-state index in [4.69, 9.17) is 15.7 Å². The second-order valence-electron chi connectivity index (χ2n) is 12.8. The third-order valence-electron chi connectivity index (χ3n) is 8.68. The number of likely N-dealkylation sites (N-methyl/N-ethyl adjacent to an activating group) is 1. The molecule has 2 fully saturated rings. The van der Waals surface area contributed by atoms with Crippen LogP contribution < -0.4 is 16.0 Å². The molecular formula is C33H49N9O. The highest BCUT2D eigenvalue weighted by Gasteiger charge is 2.23. The fraction of sp³-hybridized carbons (Fsp3) is 0.576. The number of benzene rings is 1. The fourth-order valence-corrected chi connectivity index (χ4v) is 6.09. The SMILES string of the molecule is CC(C)c1cnn2c(NCc3cccc(CC4CCCN(C(=O)/C=C/CN(C)C)CC4)c3)nc(N3CCC(N)CC3)nc12. The maximum absolute atomic E-state index is 12.7. The largest absolute Gasteiger partial charge is 0.350 e. The highest BCUT2D eigenvalue weighted by molar-refractivity contribution is 5.87. The monoisotopic (exact) mass is 587 g/mol. The van der Waals surface area contributed by atoms with E-state index in [9.17, 15) is 4.79 Å². The summed E-state index contributed by atoms with van der Waals surface area (Å²) >= 11 is 0. The van der Waals surface area contributed by atoms with Gasteiger partial charge >= 0.3 is 0 Å². The highest BCUT2D eigenvalue weighted by atomic mass is 16.2. The highest BCUT2D eigenvalue weighted by Crippen LogP contribution is 2.26. The predicted octanol–water partition coefficient (Wildman–Crippen LogP) is 4.08. The van der Waals surface area contributed by atoms with E-state index in [2.05, 4.69) is 58.3 Å². The van der Waals surface area contributed by atoms with Crippen LogP contribution >= 0.6 is 0 Å². The molecule has 2 aliphatic rings. The van der Waals surface area contributed by atoms with Crippen molar-refractivity contribution < 1.29 is 4.79 Å². The van der Waals surface area contributed by atoms with E-state index in [1.54, 1.807) is 6.08 Å². The van der Waals surface area contributed by atoms with Gasteiger partial charge in [-0.15, -0.1) is 0 Å². The van der Waals surface area contributed by atoms with Crippen LogP contribution in [0.25, 0.3) is 5.65 Å². The summed E-state index contributed by atoms with van der Waals surface area (Å²) in [4.78, 5) is 28.9. The summed E-state index contributed by atoms with van der Waals surface area (Å²) in [5, 5.41) is 8.22. The number of piperidine rings is 1. The number of amides is 1. The van der Waals surface area contributed by atoms with Gasteiger partial charge in [0.1, 0.15) is 0 Å². The van der Waals surface area contributed by atoms with Crippen molar-refractivity contribution >= 4 is 23.5 Å². The Labute approximate surface area is 256 Å². The van der Waals surface area contributed by atoms with Gasteiger partial charge in [0.2, 0.25) is 17.8 Å². The van der Waals surface area contributed by atoms with E-state index in [1.807, 2.05) is 35.8 Å². The van der Waals surface area contributed by atoms with Gasteiger partial charge in [-0.1, -0.05) is 44.2 Å². The first-order valence-electron chi connectivity index (χ1n) is 15.9. The third kappa shape index (κ3) is 8.12. The van der Waals surface area contributed by atoms with Crippen molar-refractivity contribution in [2.75, 3.05) is 57.0 Å². The predicted molar refractivity (Wildman–Crippen MR) is 173 cm³/mol. The summed E-state index contributed by atoms with van der Waals surface area (Å²) in [5.41, 5.74) is 10.7. The van der Waals surface area contributed by atoms with Crippen LogP contribution in [0.4, 0.5) is 11.9 Å². The Bertz CT molecular complexity index is 1390. The Morgan fingerprint density at radius 2 is 1.88 bits per heavy atom. The van der Waals surface area contributed by atoms with Crippen LogP contribution in [0.3, 0.4) is 0 Å². The summed E-state index contributed by atoms with van der Waals surface area (Å²) in [6.07, 6.45) is 11.8. The minimum absolute atomic E-state index is 0.138. The lowest BCUT2D eigenvalue weighted by Crippen LogP contribution is -2.40. The molecule has 2 aliphatic heterocycles. The van der Waals surface area contributed by atoms with Crippen molar-refractivity contribution in [3.05, 3.63) is 59.3 Å². The van der Waals surface area contributed by atoms with Crippen LogP contribution in [0.1, 0.15) is 68.6 Å². The number of likely N-dealkylation sites (tertiary alicyclic amines) is 1. The lowest BCUT2D eigenvalue weighted by atomic mass is 9.92. The number of hydrogen-bond acceptors (Lipinski definition) is 8. The van der Waals surface area contributed by atoms with Gasteiger partial charge in [0.05, 0.1) is 6.20 Å². The Kier molecular flexibility index (Phi) is 10.3. The lowest BCUT2D eigenvalue weighted by Gasteiger charge is -2.30. The van der Waals surface area contributed by atoms with Crippen LogP contribution in [-0.2, 0) is 17.8 Å². The van der Waals surface area contributed by atoms with E-state index < -0.39 is 0 Å². The van der Waals surface area contributed by atoms with Crippen molar-refractivity contribution in [3.63, 3.8) is 0 Å². The number of nitrogens with one attached hydrogen (secondary N) is 1. The molecule has 0 spiro atoms. The number of hydrogen-bond donors (Lipinski definition) is 2. The molecule has 1 aromatic carbocycles. The van der Waals surface area contributed by atoms with E-state index in [1.165, 1.54) is 11.1 Å². The number of nitrogens with two attached hydrogens (primary N) is 1. The number of rotatable bonds is 10. The Balaban J connectivity index is 1.24. The molecule has 1 atom stereocenters. The number of aromatic nitrogens is 4. The summed E-state index contributed by atoms with van der Waals surface area (Å²) < 4.78 is 1.84. The fourth-order valence-electron chi connectivity index (χ4n) is 6.09. The zero-order valence-electron chi connectivity index (χ0n) is 26.4. The summed E-state index contributed by atoms with van der Waals surface area (Å²) in [5.74, 6) is 2.48. The van der Waals surface area contributed by atoms with Crippen molar-refractivity contribution in [2.24, 2.45) is 11.7 Å². The molecule has 2 aromatic heterocycles. The molecule has 43 heavy (non-hydrogen) atoms. The standard InChI is InChI=1S/C33H49N9O/c1-24(2)29-23-36-42-31(29)37-33(41-18-13-28(34)14-19-41)38-32(42)35-22-27-9-5-8-26(21-27)20-25-10-6-16-40(17-12-25)30(43)11-7-15-39(3)4/h5,7-9,11,21,23-25,28H,6,10,12-20,22,34H2,1-4H3,(H,35,37,38)/b11-7+. The number of fused-ring (bicyclic) bond motifs is 1. The molecule has 3 aromatic rings. The first-order chi connectivity index (χ1) is 20.8.